The summed E-state index contributed by atoms with van der Waals surface area (Å²) in [5.41, 5.74) is 7.71. The molecule has 0 saturated heterocycles. The largest absolute Gasteiger partial charge is 0.327 e. The number of nitrogens with two attached hydrogens (primary N) is 1. The van der Waals surface area contributed by atoms with Crippen molar-refractivity contribution in [3.63, 3.8) is 0 Å². The van der Waals surface area contributed by atoms with Crippen LogP contribution in [0.25, 0.3) is 0 Å². The van der Waals surface area contributed by atoms with Crippen LogP contribution < -0.4 is 5.73 Å². The number of hydrogen-bond acceptors (Lipinski definition) is 1. The molecule has 1 nitrogen and oxygen atoms in total. The number of benzene rings is 1. The lowest BCUT2D eigenvalue weighted by atomic mass is 9.68. The van der Waals surface area contributed by atoms with Gasteiger partial charge in [-0.2, -0.15) is 0 Å². The molecule has 88 valence electrons. The summed E-state index contributed by atoms with van der Waals surface area (Å²) in [5, 5.41) is 0. The fourth-order valence-corrected chi connectivity index (χ4v) is 2.68. The molecule has 1 aliphatic rings. The van der Waals surface area contributed by atoms with Crippen LogP contribution in [-0.2, 0) is 0 Å². The Hall–Kier alpha value is -0.890. The molecule has 0 amide bonds. The molecule has 16 heavy (non-hydrogen) atoms. The van der Waals surface area contributed by atoms with E-state index in [0.717, 1.165) is 12.8 Å². The zero-order valence-electron chi connectivity index (χ0n) is 10.0. The van der Waals surface area contributed by atoms with Crippen LogP contribution in [0.5, 0.6) is 0 Å². The Morgan fingerprint density at radius 2 is 1.88 bits per heavy atom. The molecule has 0 bridgehead atoms. The zero-order valence-corrected chi connectivity index (χ0v) is 10.0. The summed E-state index contributed by atoms with van der Waals surface area (Å²) in [5.74, 6) is 0.205. The van der Waals surface area contributed by atoms with E-state index in [-0.39, 0.29) is 11.9 Å². The van der Waals surface area contributed by atoms with Crippen LogP contribution in [0.4, 0.5) is 4.39 Å². The number of hydrogen-bond donors (Lipinski definition) is 1. The molecule has 1 aromatic carbocycles. The highest BCUT2D eigenvalue weighted by Gasteiger charge is 2.33. The lowest BCUT2D eigenvalue weighted by molar-refractivity contribution is 0.198. The van der Waals surface area contributed by atoms with Crippen molar-refractivity contribution >= 4 is 0 Å². The second-order valence-corrected chi connectivity index (χ2v) is 5.73. The standard InChI is InChI=1S/C14H20FN/c1-14(2)8-7-13(16)12(9-14)10-3-5-11(15)6-4-10/h3-6,12-13H,7-9,16H2,1-2H3. The van der Waals surface area contributed by atoms with E-state index >= 15 is 0 Å². The number of rotatable bonds is 1. The molecule has 0 aromatic heterocycles. The lowest BCUT2D eigenvalue weighted by Crippen LogP contribution is -2.37. The first-order chi connectivity index (χ1) is 7.48. The highest BCUT2D eigenvalue weighted by atomic mass is 19.1. The molecule has 0 spiro atoms. The van der Waals surface area contributed by atoms with Crippen molar-refractivity contribution in [1.29, 1.82) is 0 Å². The van der Waals surface area contributed by atoms with Crippen molar-refractivity contribution in [2.75, 3.05) is 0 Å². The number of halogens is 1. The molecule has 0 heterocycles. The van der Waals surface area contributed by atoms with E-state index in [0.29, 0.717) is 11.3 Å². The minimum atomic E-state index is -0.174. The third-order valence-corrected chi connectivity index (χ3v) is 3.74. The summed E-state index contributed by atoms with van der Waals surface area (Å²) < 4.78 is 12.9. The van der Waals surface area contributed by atoms with Gasteiger partial charge in [-0.15, -0.1) is 0 Å². The van der Waals surface area contributed by atoms with Crippen LogP contribution in [0.15, 0.2) is 24.3 Å². The van der Waals surface area contributed by atoms with Gasteiger partial charge in [-0.05, 0) is 48.3 Å². The quantitative estimate of drug-likeness (QED) is 0.772. The first-order valence-electron chi connectivity index (χ1n) is 5.99. The Kier molecular flexibility index (Phi) is 3.02. The van der Waals surface area contributed by atoms with Crippen LogP contribution in [0.2, 0.25) is 0 Å². The fourth-order valence-electron chi connectivity index (χ4n) is 2.68. The van der Waals surface area contributed by atoms with Gasteiger partial charge in [-0.3, -0.25) is 0 Å². The molecular formula is C14H20FN. The normalized spacial score (nSPS) is 29.0. The summed E-state index contributed by atoms with van der Waals surface area (Å²) in [4.78, 5) is 0. The van der Waals surface area contributed by atoms with Crippen LogP contribution in [0, 0.1) is 11.2 Å². The minimum Gasteiger partial charge on any atom is -0.327 e. The van der Waals surface area contributed by atoms with Gasteiger partial charge in [0, 0.05) is 6.04 Å². The molecule has 1 aromatic rings. The second-order valence-electron chi connectivity index (χ2n) is 5.73. The van der Waals surface area contributed by atoms with Crippen molar-refractivity contribution < 1.29 is 4.39 Å². The third kappa shape index (κ3) is 2.43. The van der Waals surface area contributed by atoms with E-state index in [1.807, 2.05) is 12.1 Å². The third-order valence-electron chi connectivity index (χ3n) is 3.74. The van der Waals surface area contributed by atoms with Crippen LogP contribution in [-0.4, -0.2) is 6.04 Å². The molecule has 2 unspecified atom stereocenters. The Balaban J connectivity index is 2.21. The van der Waals surface area contributed by atoms with Gasteiger partial charge in [0.05, 0.1) is 0 Å². The Morgan fingerprint density at radius 1 is 1.25 bits per heavy atom. The van der Waals surface area contributed by atoms with Crippen molar-refractivity contribution in [3.8, 4) is 0 Å². The van der Waals surface area contributed by atoms with E-state index in [1.165, 1.54) is 24.1 Å². The average Bonchev–Trinajstić information content (AvgIpc) is 2.23. The average molecular weight is 221 g/mol. The van der Waals surface area contributed by atoms with Crippen molar-refractivity contribution in [1.82, 2.24) is 0 Å². The van der Waals surface area contributed by atoms with E-state index in [4.69, 9.17) is 5.73 Å². The first-order valence-corrected chi connectivity index (χ1v) is 5.99. The van der Waals surface area contributed by atoms with E-state index in [1.54, 1.807) is 0 Å². The van der Waals surface area contributed by atoms with E-state index in [9.17, 15) is 4.39 Å². The molecule has 1 aliphatic carbocycles. The summed E-state index contributed by atoms with van der Waals surface area (Å²) in [6.45, 7) is 4.57. The molecule has 2 N–H and O–H groups in total. The molecule has 0 aliphatic heterocycles. The van der Waals surface area contributed by atoms with Gasteiger partial charge in [0.25, 0.3) is 0 Å². The Morgan fingerprint density at radius 3 is 2.50 bits per heavy atom. The predicted molar refractivity (Wildman–Crippen MR) is 64.7 cm³/mol. The summed E-state index contributed by atoms with van der Waals surface area (Å²) in [7, 11) is 0. The monoisotopic (exact) mass is 221 g/mol. The molecule has 2 rings (SSSR count). The van der Waals surface area contributed by atoms with Crippen molar-refractivity contribution in [2.45, 2.75) is 45.1 Å². The van der Waals surface area contributed by atoms with Gasteiger partial charge >= 0.3 is 0 Å². The molecular weight excluding hydrogens is 201 g/mol. The highest BCUT2D eigenvalue weighted by molar-refractivity contribution is 5.23. The summed E-state index contributed by atoms with van der Waals surface area (Å²) in [6.07, 6.45) is 3.35. The van der Waals surface area contributed by atoms with Crippen molar-refractivity contribution in [3.05, 3.63) is 35.6 Å². The van der Waals surface area contributed by atoms with E-state index < -0.39 is 0 Å². The molecule has 0 radical (unpaired) electrons. The van der Waals surface area contributed by atoms with Crippen LogP contribution in [0.1, 0.15) is 44.6 Å². The fraction of sp³-hybridized carbons (Fsp3) is 0.571. The van der Waals surface area contributed by atoms with Crippen LogP contribution >= 0.6 is 0 Å². The maximum Gasteiger partial charge on any atom is 0.123 e. The molecule has 2 heteroatoms. The summed E-state index contributed by atoms with van der Waals surface area (Å²) in [6, 6.07) is 7.04. The molecule has 1 fully saturated rings. The van der Waals surface area contributed by atoms with Crippen molar-refractivity contribution in [2.24, 2.45) is 11.1 Å². The Labute approximate surface area is 96.9 Å². The van der Waals surface area contributed by atoms with Gasteiger partial charge in [-0.25, -0.2) is 4.39 Å². The summed E-state index contributed by atoms with van der Waals surface area (Å²) >= 11 is 0. The molecule has 2 atom stereocenters. The predicted octanol–water partition coefficient (Wildman–Crippen LogP) is 3.45. The van der Waals surface area contributed by atoms with Gasteiger partial charge < -0.3 is 5.73 Å². The molecule has 1 saturated carbocycles. The van der Waals surface area contributed by atoms with Gasteiger partial charge in [0.1, 0.15) is 5.82 Å². The van der Waals surface area contributed by atoms with Crippen LogP contribution in [0.3, 0.4) is 0 Å². The SMILES string of the molecule is CC1(C)CCC(N)C(c2ccc(F)cc2)C1. The maximum absolute atomic E-state index is 12.9. The maximum atomic E-state index is 12.9. The highest BCUT2D eigenvalue weighted by Crippen LogP contribution is 2.42. The van der Waals surface area contributed by atoms with E-state index in [2.05, 4.69) is 13.8 Å². The van der Waals surface area contributed by atoms with Gasteiger partial charge in [0.2, 0.25) is 0 Å². The minimum absolute atomic E-state index is 0.174. The first kappa shape index (κ1) is 11.6. The Bertz CT molecular complexity index is 356. The van der Waals surface area contributed by atoms with Gasteiger partial charge in [0.15, 0.2) is 0 Å². The zero-order chi connectivity index (χ0) is 11.8. The second kappa shape index (κ2) is 4.17. The topological polar surface area (TPSA) is 26.0 Å². The smallest absolute Gasteiger partial charge is 0.123 e. The van der Waals surface area contributed by atoms with Gasteiger partial charge in [-0.1, -0.05) is 26.0 Å². The lowest BCUT2D eigenvalue weighted by Gasteiger charge is -2.39.